The van der Waals surface area contributed by atoms with Crippen molar-refractivity contribution in [3.63, 3.8) is 0 Å². The molecule has 0 spiro atoms. The maximum Gasteiger partial charge on any atom is 0.118 e. The van der Waals surface area contributed by atoms with Crippen LogP contribution in [0.25, 0.3) is 0 Å². The summed E-state index contributed by atoms with van der Waals surface area (Å²) in [6, 6.07) is 8.21. The van der Waals surface area contributed by atoms with Crippen LogP contribution in [0.3, 0.4) is 0 Å². The molecule has 0 aliphatic carbocycles. The molecule has 0 radical (unpaired) electrons. The Labute approximate surface area is 121 Å². The second kappa shape index (κ2) is 6.21. The van der Waals surface area contributed by atoms with Crippen molar-refractivity contribution in [3.05, 3.63) is 46.2 Å². The number of aromatic nitrogens is 2. The van der Waals surface area contributed by atoms with Crippen LogP contribution in [-0.2, 0) is 7.05 Å². The zero-order chi connectivity index (χ0) is 13.8. The molecular formula is C14H18BrN3O. The van der Waals surface area contributed by atoms with E-state index < -0.39 is 0 Å². The SMILES string of the molecule is CCNC(c1ccc(OC)cc1)c1c(Br)cnn1C. The number of nitrogens with zero attached hydrogens (tertiary/aromatic N) is 2. The molecule has 2 aromatic rings. The minimum absolute atomic E-state index is 0.109. The summed E-state index contributed by atoms with van der Waals surface area (Å²) < 4.78 is 8.10. The Balaban J connectivity index is 2.39. The Hall–Kier alpha value is -1.33. The lowest BCUT2D eigenvalue weighted by atomic mass is 10.0. The summed E-state index contributed by atoms with van der Waals surface area (Å²) in [7, 11) is 3.63. The van der Waals surface area contributed by atoms with Crippen LogP contribution < -0.4 is 10.1 Å². The van der Waals surface area contributed by atoms with Crippen molar-refractivity contribution in [2.45, 2.75) is 13.0 Å². The molecule has 0 saturated carbocycles. The fourth-order valence-corrected chi connectivity index (χ4v) is 2.69. The first-order chi connectivity index (χ1) is 9.17. The second-order valence-corrected chi connectivity index (χ2v) is 5.12. The molecule has 0 saturated heterocycles. The van der Waals surface area contributed by atoms with E-state index in [4.69, 9.17) is 4.74 Å². The molecule has 19 heavy (non-hydrogen) atoms. The van der Waals surface area contributed by atoms with Crippen molar-refractivity contribution in [1.82, 2.24) is 15.1 Å². The van der Waals surface area contributed by atoms with Gasteiger partial charge in [0.2, 0.25) is 0 Å². The number of hydrogen-bond donors (Lipinski definition) is 1. The Bertz CT molecular complexity index is 517. The van der Waals surface area contributed by atoms with Gasteiger partial charge in [-0.3, -0.25) is 4.68 Å². The molecule has 0 bridgehead atoms. The van der Waals surface area contributed by atoms with Gasteiger partial charge in [-0.15, -0.1) is 0 Å². The summed E-state index contributed by atoms with van der Waals surface area (Å²) in [5, 5.41) is 7.77. The maximum absolute atomic E-state index is 5.20. The summed E-state index contributed by atoms with van der Waals surface area (Å²) in [4.78, 5) is 0. The molecule has 0 amide bonds. The van der Waals surface area contributed by atoms with Crippen LogP contribution in [0.4, 0.5) is 0 Å². The summed E-state index contributed by atoms with van der Waals surface area (Å²) in [6.07, 6.45) is 1.82. The van der Waals surface area contributed by atoms with Gasteiger partial charge in [0.1, 0.15) is 5.75 Å². The van der Waals surface area contributed by atoms with E-state index in [9.17, 15) is 0 Å². The first-order valence-corrected chi connectivity index (χ1v) is 7.01. The van der Waals surface area contributed by atoms with Gasteiger partial charge in [0.25, 0.3) is 0 Å². The number of aryl methyl sites for hydroxylation is 1. The molecule has 5 heteroatoms. The Morgan fingerprint density at radius 2 is 2.05 bits per heavy atom. The lowest BCUT2D eigenvalue weighted by Crippen LogP contribution is -2.24. The predicted molar refractivity (Wildman–Crippen MR) is 79.4 cm³/mol. The third kappa shape index (κ3) is 2.98. The van der Waals surface area contributed by atoms with Gasteiger partial charge in [-0.2, -0.15) is 5.10 Å². The average molecular weight is 324 g/mol. The summed E-state index contributed by atoms with van der Waals surface area (Å²) in [5.74, 6) is 0.864. The third-order valence-electron chi connectivity index (χ3n) is 3.07. The van der Waals surface area contributed by atoms with Crippen LogP contribution in [0, 0.1) is 0 Å². The van der Waals surface area contributed by atoms with E-state index in [1.165, 1.54) is 5.56 Å². The Morgan fingerprint density at radius 1 is 1.37 bits per heavy atom. The van der Waals surface area contributed by atoms with Gasteiger partial charge in [0.15, 0.2) is 0 Å². The fourth-order valence-electron chi connectivity index (χ4n) is 2.12. The number of rotatable bonds is 5. The van der Waals surface area contributed by atoms with Gasteiger partial charge in [-0.1, -0.05) is 19.1 Å². The van der Waals surface area contributed by atoms with Crippen LogP contribution in [0.2, 0.25) is 0 Å². The number of ether oxygens (including phenoxy) is 1. The van der Waals surface area contributed by atoms with E-state index in [0.29, 0.717) is 0 Å². The topological polar surface area (TPSA) is 39.1 Å². The molecule has 4 nitrogen and oxygen atoms in total. The number of hydrogen-bond acceptors (Lipinski definition) is 3. The zero-order valence-corrected chi connectivity index (χ0v) is 12.9. The van der Waals surface area contributed by atoms with Gasteiger partial charge < -0.3 is 10.1 Å². The molecular weight excluding hydrogens is 306 g/mol. The molecule has 1 heterocycles. The highest BCUT2D eigenvalue weighted by atomic mass is 79.9. The highest BCUT2D eigenvalue weighted by molar-refractivity contribution is 9.10. The van der Waals surface area contributed by atoms with Crippen LogP contribution in [-0.4, -0.2) is 23.4 Å². The van der Waals surface area contributed by atoms with Crippen molar-refractivity contribution < 1.29 is 4.74 Å². The molecule has 1 N–H and O–H groups in total. The largest absolute Gasteiger partial charge is 0.497 e. The molecule has 1 aromatic carbocycles. The van der Waals surface area contributed by atoms with Crippen molar-refractivity contribution in [2.75, 3.05) is 13.7 Å². The summed E-state index contributed by atoms with van der Waals surface area (Å²) >= 11 is 3.57. The molecule has 2 rings (SSSR count). The number of benzene rings is 1. The van der Waals surface area contributed by atoms with Crippen molar-refractivity contribution in [1.29, 1.82) is 0 Å². The van der Waals surface area contributed by atoms with Crippen LogP contribution >= 0.6 is 15.9 Å². The van der Waals surface area contributed by atoms with Crippen LogP contribution in [0.1, 0.15) is 24.2 Å². The van der Waals surface area contributed by atoms with Gasteiger partial charge in [0, 0.05) is 7.05 Å². The van der Waals surface area contributed by atoms with Crippen molar-refractivity contribution >= 4 is 15.9 Å². The quantitative estimate of drug-likeness (QED) is 0.919. The van der Waals surface area contributed by atoms with Gasteiger partial charge in [-0.05, 0) is 40.2 Å². The monoisotopic (exact) mass is 323 g/mol. The van der Waals surface area contributed by atoms with Crippen molar-refractivity contribution in [3.8, 4) is 5.75 Å². The van der Waals surface area contributed by atoms with E-state index in [0.717, 1.165) is 22.5 Å². The average Bonchev–Trinajstić information content (AvgIpc) is 2.76. The maximum atomic E-state index is 5.20. The summed E-state index contributed by atoms with van der Waals surface area (Å²) in [6.45, 7) is 2.98. The van der Waals surface area contributed by atoms with Crippen molar-refractivity contribution in [2.24, 2.45) is 7.05 Å². The van der Waals surface area contributed by atoms with E-state index in [1.807, 2.05) is 30.1 Å². The minimum Gasteiger partial charge on any atom is -0.497 e. The first kappa shape index (κ1) is 14.1. The lowest BCUT2D eigenvalue weighted by Gasteiger charge is -2.19. The minimum atomic E-state index is 0.109. The fraction of sp³-hybridized carbons (Fsp3) is 0.357. The number of methoxy groups -OCH3 is 1. The number of nitrogens with one attached hydrogen (secondary N) is 1. The molecule has 1 atom stereocenters. The third-order valence-corrected chi connectivity index (χ3v) is 3.68. The molecule has 102 valence electrons. The van der Waals surface area contributed by atoms with E-state index in [1.54, 1.807) is 7.11 Å². The molecule has 1 unspecified atom stereocenters. The van der Waals surface area contributed by atoms with E-state index in [-0.39, 0.29) is 6.04 Å². The number of halogens is 1. The highest BCUT2D eigenvalue weighted by Crippen LogP contribution is 2.29. The van der Waals surface area contributed by atoms with E-state index >= 15 is 0 Å². The van der Waals surface area contributed by atoms with Gasteiger partial charge >= 0.3 is 0 Å². The van der Waals surface area contributed by atoms with Gasteiger partial charge in [0.05, 0.1) is 29.5 Å². The molecule has 1 aromatic heterocycles. The normalized spacial score (nSPS) is 12.4. The van der Waals surface area contributed by atoms with Crippen LogP contribution in [0.15, 0.2) is 34.9 Å². The molecule has 0 aliphatic heterocycles. The summed E-state index contributed by atoms with van der Waals surface area (Å²) in [5.41, 5.74) is 2.30. The standard InChI is InChI=1S/C14H18BrN3O/c1-4-16-13(14-12(15)9-17-18(14)2)10-5-7-11(19-3)8-6-10/h5-9,13,16H,4H2,1-3H3. The smallest absolute Gasteiger partial charge is 0.118 e. The second-order valence-electron chi connectivity index (χ2n) is 4.27. The van der Waals surface area contributed by atoms with Crippen LogP contribution in [0.5, 0.6) is 5.75 Å². The van der Waals surface area contributed by atoms with E-state index in [2.05, 4.69) is 45.4 Å². The Kier molecular flexibility index (Phi) is 4.61. The zero-order valence-electron chi connectivity index (χ0n) is 11.4. The lowest BCUT2D eigenvalue weighted by molar-refractivity contribution is 0.414. The van der Waals surface area contributed by atoms with Gasteiger partial charge in [-0.25, -0.2) is 0 Å². The Morgan fingerprint density at radius 3 is 2.53 bits per heavy atom. The molecule has 0 fully saturated rings. The first-order valence-electron chi connectivity index (χ1n) is 6.22. The highest BCUT2D eigenvalue weighted by Gasteiger charge is 2.19. The predicted octanol–water partition coefficient (Wildman–Crippen LogP) is 2.89. The molecule has 0 aliphatic rings.